The summed E-state index contributed by atoms with van der Waals surface area (Å²) in [6.07, 6.45) is 0.110. The lowest BCUT2D eigenvalue weighted by Gasteiger charge is -2.43. The molecule has 3 aliphatic rings. The van der Waals surface area contributed by atoms with Gasteiger partial charge in [-0.15, -0.1) is 0 Å². The minimum absolute atomic E-state index is 0.0239. The summed E-state index contributed by atoms with van der Waals surface area (Å²) in [5, 5.41) is 0.490. The Balaban J connectivity index is 1.92. The van der Waals surface area contributed by atoms with Crippen molar-refractivity contribution in [1.29, 1.82) is 0 Å². The molecule has 2 fully saturated rings. The minimum Gasteiger partial charge on any atom is -0.414 e. The van der Waals surface area contributed by atoms with E-state index >= 15 is 0 Å². The molecule has 1 spiro atoms. The van der Waals surface area contributed by atoms with E-state index < -0.39 is 56.5 Å². The molecule has 42 heavy (non-hydrogen) atoms. The maximum Gasteiger partial charge on any atom is 0.333 e. The van der Waals surface area contributed by atoms with E-state index in [0.29, 0.717) is 12.1 Å². The van der Waals surface area contributed by atoms with E-state index in [9.17, 15) is 18.0 Å². The highest BCUT2D eigenvalue weighted by molar-refractivity contribution is 7.90. The van der Waals surface area contributed by atoms with Gasteiger partial charge in [0, 0.05) is 18.3 Å². The lowest BCUT2D eigenvalue weighted by molar-refractivity contribution is -0.0567. The lowest BCUT2D eigenvalue weighted by atomic mass is 9.89. The molecule has 1 aliphatic carbocycles. The second-order valence-corrected chi connectivity index (χ2v) is 26.1. The van der Waals surface area contributed by atoms with Gasteiger partial charge in [0.25, 0.3) is 15.7 Å². The number of rotatable bonds is 8. The van der Waals surface area contributed by atoms with Crippen LogP contribution in [0.5, 0.6) is 0 Å². The van der Waals surface area contributed by atoms with E-state index in [1.165, 1.54) is 15.3 Å². The smallest absolute Gasteiger partial charge is 0.333 e. The van der Waals surface area contributed by atoms with Crippen LogP contribution in [0.4, 0.5) is 0 Å². The zero-order valence-electron chi connectivity index (χ0n) is 26.9. The third kappa shape index (κ3) is 5.92. The quantitative estimate of drug-likeness (QED) is 0.329. The van der Waals surface area contributed by atoms with Gasteiger partial charge in [0.15, 0.2) is 28.5 Å². The molecule has 0 unspecified atom stereocenters. The second-order valence-electron chi connectivity index (χ2n) is 15.2. The number of aromatic nitrogens is 2. The Morgan fingerprint density at radius 1 is 1.05 bits per heavy atom. The molecular formula is C28H49N3O8SSi2. The highest BCUT2D eigenvalue weighted by Crippen LogP contribution is 2.52. The maximum absolute atomic E-state index is 13.9. The molecule has 1 aromatic rings. The van der Waals surface area contributed by atoms with Crippen molar-refractivity contribution in [2.75, 3.05) is 6.61 Å². The summed E-state index contributed by atoms with van der Waals surface area (Å²) in [7, 11) is -9.19. The Labute approximate surface area is 251 Å². The van der Waals surface area contributed by atoms with Gasteiger partial charge in [-0.1, -0.05) is 41.5 Å². The fraction of sp³-hybridized carbons (Fsp3) is 0.786. The molecule has 238 valence electrons. The normalized spacial score (nSPS) is 28.5. The van der Waals surface area contributed by atoms with Crippen LogP contribution in [0.3, 0.4) is 0 Å². The van der Waals surface area contributed by atoms with Gasteiger partial charge >= 0.3 is 5.69 Å². The van der Waals surface area contributed by atoms with Gasteiger partial charge in [-0.2, -0.15) is 8.42 Å². The van der Waals surface area contributed by atoms with E-state index in [1.807, 2.05) is 13.1 Å². The molecule has 11 nitrogen and oxygen atoms in total. The zero-order valence-corrected chi connectivity index (χ0v) is 29.8. The van der Waals surface area contributed by atoms with Gasteiger partial charge in [0.1, 0.15) is 12.2 Å². The average Bonchev–Trinajstić information content (AvgIpc) is 3.54. The molecule has 4 atom stereocenters. The Morgan fingerprint density at radius 2 is 1.62 bits per heavy atom. The SMILES string of the molecule is Cc1cn([C@@H]2O[C@H](CO[Si](C)(C)C(C)(C)C)[C@@]3(OS(=O)(=O)C=C3N)[C@H]2O[Si](C)(C)C(C)(C)C)c(=O)n(CC2CC2)c1=O. The summed E-state index contributed by atoms with van der Waals surface area (Å²) in [5.41, 5.74) is 4.18. The van der Waals surface area contributed by atoms with E-state index in [0.717, 1.165) is 18.2 Å². The lowest BCUT2D eigenvalue weighted by Crippen LogP contribution is -2.59. The van der Waals surface area contributed by atoms with E-state index in [4.69, 9.17) is 23.5 Å². The number of ether oxygens (including phenoxy) is 1. The van der Waals surface area contributed by atoms with Crippen LogP contribution in [0.25, 0.3) is 0 Å². The zero-order chi connectivity index (χ0) is 31.8. The largest absolute Gasteiger partial charge is 0.414 e. The van der Waals surface area contributed by atoms with E-state index in [2.05, 4.69) is 54.6 Å². The molecule has 14 heteroatoms. The van der Waals surface area contributed by atoms with Crippen LogP contribution in [-0.2, 0) is 34.4 Å². The van der Waals surface area contributed by atoms with Crippen LogP contribution in [0.15, 0.2) is 26.9 Å². The first-order chi connectivity index (χ1) is 18.9. The highest BCUT2D eigenvalue weighted by atomic mass is 32.2. The van der Waals surface area contributed by atoms with Gasteiger partial charge in [-0.05, 0) is 61.9 Å². The molecule has 1 saturated carbocycles. The van der Waals surface area contributed by atoms with Crippen molar-refractivity contribution in [3.63, 3.8) is 0 Å². The van der Waals surface area contributed by atoms with Gasteiger partial charge in [-0.3, -0.25) is 13.9 Å². The summed E-state index contributed by atoms with van der Waals surface area (Å²) >= 11 is 0. The molecule has 0 bridgehead atoms. The fourth-order valence-corrected chi connectivity index (χ4v) is 8.38. The topological polar surface area (TPSA) is 141 Å². The first-order valence-corrected chi connectivity index (χ1v) is 22.0. The first kappa shape index (κ1) is 33.3. The summed E-state index contributed by atoms with van der Waals surface area (Å²) in [4.78, 5) is 27.0. The molecule has 3 heterocycles. The van der Waals surface area contributed by atoms with Crippen LogP contribution >= 0.6 is 0 Å². The molecule has 0 amide bonds. The van der Waals surface area contributed by atoms with Crippen LogP contribution in [0.1, 0.15) is 66.2 Å². The van der Waals surface area contributed by atoms with Gasteiger partial charge in [-0.25, -0.2) is 8.98 Å². The number of hydrogen-bond donors (Lipinski definition) is 1. The Hall–Kier alpha value is -1.56. The van der Waals surface area contributed by atoms with Crippen molar-refractivity contribution in [3.8, 4) is 0 Å². The maximum atomic E-state index is 13.9. The summed E-state index contributed by atoms with van der Waals surface area (Å²) in [5.74, 6) is 0.272. The van der Waals surface area contributed by atoms with Crippen LogP contribution in [0, 0.1) is 12.8 Å². The first-order valence-electron chi connectivity index (χ1n) is 14.7. The summed E-state index contributed by atoms with van der Waals surface area (Å²) < 4.78 is 54.5. The van der Waals surface area contributed by atoms with Crippen molar-refractivity contribution in [2.45, 2.75) is 128 Å². The van der Waals surface area contributed by atoms with Crippen molar-refractivity contribution in [3.05, 3.63) is 43.7 Å². The number of aryl methyl sites for hydroxylation is 1. The predicted molar refractivity (Wildman–Crippen MR) is 167 cm³/mol. The molecule has 4 rings (SSSR count). The van der Waals surface area contributed by atoms with Gasteiger partial charge < -0.3 is 19.3 Å². The Morgan fingerprint density at radius 3 is 2.10 bits per heavy atom. The number of nitrogens with zero attached hydrogens (tertiary/aromatic N) is 2. The Bertz CT molecular complexity index is 1480. The second kappa shape index (κ2) is 10.5. The third-order valence-corrected chi connectivity index (χ3v) is 19.9. The molecule has 2 N–H and O–H groups in total. The van der Waals surface area contributed by atoms with Gasteiger partial charge in [0.2, 0.25) is 0 Å². The molecule has 0 aromatic carbocycles. The van der Waals surface area contributed by atoms with Crippen LogP contribution in [-0.4, -0.2) is 58.6 Å². The predicted octanol–water partition coefficient (Wildman–Crippen LogP) is 3.94. The molecule has 0 radical (unpaired) electrons. The molecular weight excluding hydrogens is 595 g/mol. The van der Waals surface area contributed by atoms with Crippen LogP contribution < -0.4 is 17.0 Å². The summed E-state index contributed by atoms with van der Waals surface area (Å²) in [6, 6.07) is 0. The van der Waals surface area contributed by atoms with Crippen LogP contribution in [0.2, 0.25) is 36.3 Å². The average molecular weight is 644 g/mol. The van der Waals surface area contributed by atoms with Gasteiger partial charge in [0.05, 0.1) is 17.7 Å². The fourth-order valence-electron chi connectivity index (χ4n) is 4.87. The van der Waals surface area contributed by atoms with Crippen molar-refractivity contribution < 1.29 is 26.2 Å². The number of hydrogen-bond acceptors (Lipinski definition) is 9. The Kier molecular flexibility index (Phi) is 8.35. The minimum atomic E-state index is -4.19. The third-order valence-electron chi connectivity index (χ3n) is 9.85. The number of nitrogens with two attached hydrogens (primary N) is 1. The molecule has 1 saturated heterocycles. The van der Waals surface area contributed by atoms with E-state index in [1.54, 1.807) is 6.92 Å². The van der Waals surface area contributed by atoms with Crippen molar-refractivity contribution in [1.82, 2.24) is 9.13 Å². The monoisotopic (exact) mass is 643 g/mol. The molecule has 2 aliphatic heterocycles. The highest BCUT2D eigenvalue weighted by Gasteiger charge is 2.67. The van der Waals surface area contributed by atoms with E-state index in [-0.39, 0.29) is 33.9 Å². The summed E-state index contributed by atoms with van der Waals surface area (Å²) in [6.45, 7) is 22.7. The standard InChI is InChI=1S/C28H49N3O8SSi2/c1-18-14-31(25(33)30(23(18)32)15-19-12-13-19)24-22(38-42(10,11)27(5,6)7)28(20(29)17-40(34,35)39-28)21(37-24)16-36-41(8,9)26(2,3)4/h14,17,19,21-22,24H,12-13,15-16,29H2,1-11H3/t21-,22+,24-,28-/m1/s1. The van der Waals surface area contributed by atoms with Crippen molar-refractivity contribution in [2.24, 2.45) is 11.7 Å². The molecule has 1 aromatic heterocycles. The van der Waals surface area contributed by atoms with Crippen molar-refractivity contribution >= 4 is 26.8 Å².